The SMILES string of the molecule is CCC(C)CC(=O)N1CCC(n2cc(C(C)(C)N)nn2)CC1.O=C(O)C(F)(F)F. The molecule has 11 heteroatoms. The maximum absolute atomic E-state index is 12.2. The predicted molar refractivity (Wildman–Crippen MR) is 99.8 cm³/mol. The average molecular weight is 421 g/mol. The Balaban J connectivity index is 0.000000516. The summed E-state index contributed by atoms with van der Waals surface area (Å²) in [4.78, 5) is 23.1. The second kappa shape index (κ2) is 10.0. The number of carbonyl (C=O) groups is 2. The van der Waals surface area contributed by atoms with Crippen LogP contribution in [0.5, 0.6) is 0 Å². The molecule has 166 valence electrons. The number of hydrogen-bond acceptors (Lipinski definition) is 5. The van der Waals surface area contributed by atoms with Crippen molar-refractivity contribution < 1.29 is 27.9 Å². The van der Waals surface area contributed by atoms with Crippen molar-refractivity contribution in [1.29, 1.82) is 0 Å². The fraction of sp³-hybridized carbons (Fsp3) is 0.778. The largest absolute Gasteiger partial charge is 0.490 e. The number of carboxylic acid groups (broad SMARTS) is 1. The minimum Gasteiger partial charge on any atom is -0.475 e. The predicted octanol–water partition coefficient (Wildman–Crippen LogP) is 2.70. The first kappa shape index (κ1) is 24.9. The van der Waals surface area contributed by atoms with Crippen LogP contribution in [0, 0.1) is 5.92 Å². The number of carboxylic acids is 1. The van der Waals surface area contributed by atoms with Crippen molar-refractivity contribution in [3.05, 3.63) is 11.9 Å². The summed E-state index contributed by atoms with van der Waals surface area (Å²) in [6.07, 6.45) is 0.441. The number of aliphatic carboxylic acids is 1. The smallest absolute Gasteiger partial charge is 0.475 e. The number of nitrogens with zero attached hydrogens (tertiary/aromatic N) is 4. The van der Waals surface area contributed by atoms with E-state index in [0.29, 0.717) is 18.4 Å². The van der Waals surface area contributed by atoms with E-state index in [9.17, 15) is 18.0 Å². The van der Waals surface area contributed by atoms with E-state index in [1.165, 1.54) is 0 Å². The fourth-order valence-electron chi connectivity index (χ4n) is 2.70. The van der Waals surface area contributed by atoms with Gasteiger partial charge in [0.2, 0.25) is 5.91 Å². The number of carbonyl (C=O) groups excluding carboxylic acids is 1. The summed E-state index contributed by atoms with van der Waals surface area (Å²) in [6, 6.07) is 0.316. The molecule has 29 heavy (non-hydrogen) atoms. The summed E-state index contributed by atoms with van der Waals surface area (Å²) in [5.74, 6) is -2.00. The standard InChI is InChI=1S/C16H29N5O.C2HF3O2/c1-5-12(2)10-15(22)20-8-6-13(7-9-20)21-11-14(18-19-21)16(3,4)17;3-2(4,5)1(6)7/h11-13H,5-10,17H2,1-4H3;(H,6,7). The van der Waals surface area contributed by atoms with Crippen LogP contribution in [0.3, 0.4) is 0 Å². The van der Waals surface area contributed by atoms with Crippen molar-refractivity contribution in [1.82, 2.24) is 19.9 Å². The van der Waals surface area contributed by atoms with Crippen LogP contribution in [0.4, 0.5) is 13.2 Å². The first-order valence-electron chi connectivity index (χ1n) is 9.54. The lowest BCUT2D eigenvalue weighted by molar-refractivity contribution is -0.192. The number of halogens is 3. The summed E-state index contributed by atoms with van der Waals surface area (Å²) in [5, 5.41) is 15.5. The molecule has 8 nitrogen and oxygen atoms in total. The number of aromatic nitrogens is 3. The third-order valence-corrected chi connectivity index (χ3v) is 4.82. The quantitative estimate of drug-likeness (QED) is 0.756. The second-order valence-corrected chi connectivity index (χ2v) is 7.94. The van der Waals surface area contributed by atoms with Crippen LogP contribution >= 0.6 is 0 Å². The molecule has 3 N–H and O–H groups in total. The van der Waals surface area contributed by atoms with Gasteiger partial charge in [-0.3, -0.25) is 4.79 Å². The van der Waals surface area contributed by atoms with Crippen LogP contribution in [-0.2, 0) is 15.1 Å². The van der Waals surface area contributed by atoms with Gasteiger partial charge in [0.05, 0.1) is 17.8 Å². The molecule has 2 heterocycles. The van der Waals surface area contributed by atoms with Gasteiger partial charge in [0.15, 0.2) is 0 Å². The zero-order valence-corrected chi connectivity index (χ0v) is 17.2. The number of rotatable bonds is 5. The van der Waals surface area contributed by atoms with Crippen molar-refractivity contribution >= 4 is 11.9 Å². The van der Waals surface area contributed by atoms with Gasteiger partial charge in [-0.2, -0.15) is 13.2 Å². The van der Waals surface area contributed by atoms with E-state index in [4.69, 9.17) is 15.6 Å². The minimum absolute atomic E-state index is 0.287. The van der Waals surface area contributed by atoms with Gasteiger partial charge in [-0.1, -0.05) is 25.5 Å². The van der Waals surface area contributed by atoms with E-state index >= 15 is 0 Å². The second-order valence-electron chi connectivity index (χ2n) is 7.94. The van der Waals surface area contributed by atoms with Gasteiger partial charge in [-0.15, -0.1) is 5.10 Å². The molecule has 1 aliphatic rings. The summed E-state index contributed by atoms with van der Waals surface area (Å²) >= 11 is 0. The number of piperidine rings is 1. The maximum Gasteiger partial charge on any atom is 0.490 e. The van der Waals surface area contributed by atoms with Gasteiger partial charge in [-0.25, -0.2) is 9.48 Å². The molecule has 1 unspecified atom stereocenters. The molecule has 1 aromatic heterocycles. The van der Waals surface area contributed by atoms with Crippen molar-refractivity contribution in [2.45, 2.75) is 71.1 Å². The number of nitrogens with two attached hydrogens (primary N) is 1. The normalized spacial score (nSPS) is 16.8. The van der Waals surface area contributed by atoms with Crippen LogP contribution in [0.25, 0.3) is 0 Å². The van der Waals surface area contributed by atoms with Gasteiger partial charge in [0, 0.05) is 19.5 Å². The Bertz CT molecular complexity index is 677. The zero-order chi connectivity index (χ0) is 22.4. The molecule has 0 bridgehead atoms. The molecule has 0 radical (unpaired) electrons. The fourth-order valence-corrected chi connectivity index (χ4v) is 2.70. The number of hydrogen-bond donors (Lipinski definition) is 2. The molecule has 0 aromatic carbocycles. The molecule has 1 amide bonds. The van der Waals surface area contributed by atoms with E-state index in [0.717, 1.165) is 38.0 Å². The van der Waals surface area contributed by atoms with Gasteiger partial charge in [-0.05, 0) is 32.6 Å². The van der Waals surface area contributed by atoms with Crippen molar-refractivity contribution in [3.8, 4) is 0 Å². The number of alkyl halides is 3. The first-order chi connectivity index (χ1) is 13.3. The number of amides is 1. The van der Waals surface area contributed by atoms with Gasteiger partial charge < -0.3 is 15.7 Å². The Morgan fingerprint density at radius 3 is 2.21 bits per heavy atom. The lowest BCUT2D eigenvalue weighted by atomic mass is 10.0. The van der Waals surface area contributed by atoms with Crippen molar-refractivity contribution in [3.63, 3.8) is 0 Å². The van der Waals surface area contributed by atoms with Gasteiger partial charge in [0.25, 0.3) is 0 Å². The topological polar surface area (TPSA) is 114 Å². The van der Waals surface area contributed by atoms with Crippen LogP contribution in [0.1, 0.15) is 65.1 Å². The van der Waals surface area contributed by atoms with E-state index in [2.05, 4.69) is 24.2 Å². The van der Waals surface area contributed by atoms with Crippen LogP contribution < -0.4 is 5.73 Å². The Kier molecular flexibility index (Phi) is 8.61. The zero-order valence-electron chi connectivity index (χ0n) is 17.2. The number of likely N-dealkylation sites (tertiary alicyclic amines) is 1. The van der Waals surface area contributed by atoms with Crippen LogP contribution in [-0.4, -0.2) is 56.1 Å². The molecule has 0 saturated carbocycles. The highest BCUT2D eigenvalue weighted by atomic mass is 19.4. The molecule has 0 aliphatic carbocycles. The summed E-state index contributed by atoms with van der Waals surface area (Å²) in [7, 11) is 0. The minimum atomic E-state index is -5.08. The monoisotopic (exact) mass is 421 g/mol. The van der Waals surface area contributed by atoms with Crippen LogP contribution in [0.15, 0.2) is 6.20 Å². The third-order valence-electron chi connectivity index (χ3n) is 4.82. The van der Waals surface area contributed by atoms with E-state index < -0.39 is 17.7 Å². The van der Waals surface area contributed by atoms with E-state index in [1.807, 2.05) is 29.6 Å². The molecule has 1 aliphatic heterocycles. The molecule has 1 aromatic rings. The molecule has 0 spiro atoms. The lowest BCUT2D eigenvalue weighted by Crippen LogP contribution is -2.39. The lowest BCUT2D eigenvalue weighted by Gasteiger charge is -2.32. The van der Waals surface area contributed by atoms with Gasteiger partial charge >= 0.3 is 12.1 Å². The highest BCUT2D eigenvalue weighted by Crippen LogP contribution is 2.24. The molecule has 1 saturated heterocycles. The highest BCUT2D eigenvalue weighted by Gasteiger charge is 2.38. The Labute approximate surface area is 168 Å². The third kappa shape index (κ3) is 8.00. The molecular weight excluding hydrogens is 391 g/mol. The Morgan fingerprint density at radius 1 is 1.31 bits per heavy atom. The molecule has 2 rings (SSSR count). The van der Waals surface area contributed by atoms with Crippen molar-refractivity contribution in [2.75, 3.05) is 13.1 Å². The van der Waals surface area contributed by atoms with Crippen LogP contribution in [0.2, 0.25) is 0 Å². The summed E-state index contributed by atoms with van der Waals surface area (Å²) in [6.45, 7) is 9.74. The highest BCUT2D eigenvalue weighted by molar-refractivity contribution is 5.76. The Morgan fingerprint density at radius 2 is 1.83 bits per heavy atom. The maximum atomic E-state index is 12.2. The first-order valence-corrected chi connectivity index (χ1v) is 9.54. The van der Waals surface area contributed by atoms with E-state index in [1.54, 1.807) is 0 Å². The average Bonchev–Trinajstić information content (AvgIpc) is 3.12. The Hall–Kier alpha value is -2.17. The molecule has 1 fully saturated rings. The summed E-state index contributed by atoms with van der Waals surface area (Å²) < 4.78 is 33.7. The van der Waals surface area contributed by atoms with Gasteiger partial charge in [0.1, 0.15) is 5.69 Å². The summed E-state index contributed by atoms with van der Waals surface area (Å²) in [5.41, 5.74) is 6.39. The van der Waals surface area contributed by atoms with Crippen molar-refractivity contribution in [2.24, 2.45) is 11.7 Å². The molecule has 1 atom stereocenters. The molecular formula is C18H30F3N5O3. The van der Waals surface area contributed by atoms with E-state index in [-0.39, 0.29) is 5.91 Å².